The second kappa shape index (κ2) is 8.71. The molecule has 4 N–H and O–H groups in total. The molecular formula is C24H21N3O4. The van der Waals surface area contributed by atoms with E-state index in [1.807, 2.05) is 6.07 Å². The number of hydrogen-bond donors (Lipinski definition) is 3. The second-order valence-electron chi connectivity index (χ2n) is 7.21. The largest absolute Gasteiger partial charge is 0.457 e. The molecule has 31 heavy (non-hydrogen) atoms. The van der Waals surface area contributed by atoms with Crippen molar-refractivity contribution in [1.29, 1.82) is 0 Å². The van der Waals surface area contributed by atoms with Crippen LogP contribution in [0.3, 0.4) is 0 Å². The smallest absolute Gasteiger partial charge is 0.255 e. The van der Waals surface area contributed by atoms with Crippen molar-refractivity contribution in [2.24, 2.45) is 5.73 Å². The Bertz CT molecular complexity index is 1160. The van der Waals surface area contributed by atoms with Gasteiger partial charge in [-0.15, -0.1) is 0 Å². The number of benzene rings is 3. The Hall–Kier alpha value is -4.13. The Balaban J connectivity index is 1.45. The van der Waals surface area contributed by atoms with Gasteiger partial charge in [-0.1, -0.05) is 12.1 Å². The van der Waals surface area contributed by atoms with Gasteiger partial charge in [-0.05, 0) is 73.0 Å². The van der Waals surface area contributed by atoms with Crippen molar-refractivity contribution in [2.75, 3.05) is 10.6 Å². The minimum absolute atomic E-state index is 0.00304. The zero-order valence-electron chi connectivity index (χ0n) is 16.7. The van der Waals surface area contributed by atoms with Crippen LogP contribution in [0.25, 0.3) is 0 Å². The molecule has 3 amide bonds. The van der Waals surface area contributed by atoms with E-state index in [4.69, 9.17) is 10.5 Å². The highest BCUT2D eigenvalue weighted by Gasteiger charge is 2.15. The number of carbonyl (C=O) groups is 3. The first-order valence-electron chi connectivity index (χ1n) is 9.90. The van der Waals surface area contributed by atoms with Crippen molar-refractivity contribution in [3.63, 3.8) is 0 Å². The molecular weight excluding hydrogens is 394 g/mol. The lowest BCUT2D eigenvalue weighted by atomic mass is 10.0. The first-order valence-corrected chi connectivity index (χ1v) is 9.90. The predicted octanol–water partition coefficient (Wildman–Crippen LogP) is 4.10. The van der Waals surface area contributed by atoms with Crippen molar-refractivity contribution < 1.29 is 19.1 Å². The maximum Gasteiger partial charge on any atom is 0.255 e. The molecule has 0 bridgehead atoms. The minimum atomic E-state index is -0.570. The Kier molecular flexibility index (Phi) is 5.66. The molecule has 1 heterocycles. The number of anilines is 2. The molecule has 0 aliphatic carbocycles. The third kappa shape index (κ3) is 4.72. The van der Waals surface area contributed by atoms with E-state index < -0.39 is 5.91 Å². The highest BCUT2D eigenvalue weighted by Crippen LogP contribution is 2.27. The summed E-state index contributed by atoms with van der Waals surface area (Å²) in [5.74, 6) is 0.0546. The predicted molar refractivity (Wildman–Crippen MR) is 117 cm³/mol. The SMILES string of the molecule is NC(=O)c1ccccc1Oc1ccc(NC(=O)c2ccc3c(c2)CCCC(=O)N3)cc1. The summed E-state index contributed by atoms with van der Waals surface area (Å²) in [6.45, 7) is 0. The van der Waals surface area contributed by atoms with Crippen molar-refractivity contribution in [1.82, 2.24) is 0 Å². The number of carbonyl (C=O) groups excluding carboxylic acids is 3. The van der Waals surface area contributed by atoms with Gasteiger partial charge < -0.3 is 21.1 Å². The van der Waals surface area contributed by atoms with E-state index in [2.05, 4.69) is 10.6 Å². The molecule has 7 nitrogen and oxygen atoms in total. The number of aryl methyl sites for hydroxylation is 1. The van der Waals surface area contributed by atoms with Crippen LogP contribution in [0.2, 0.25) is 0 Å². The van der Waals surface area contributed by atoms with Crippen LogP contribution in [-0.4, -0.2) is 17.7 Å². The van der Waals surface area contributed by atoms with Crippen molar-refractivity contribution in [2.45, 2.75) is 19.3 Å². The number of rotatable bonds is 5. The Morgan fingerprint density at radius 1 is 0.968 bits per heavy atom. The van der Waals surface area contributed by atoms with Crippen LogP contribution in [-0.2, 0) is 11.2 Å². The van der Waals surface area contributed by atoms with Crippen LogP contribution in [0.1, 0.15) is 39.1 Å². The van der Waals surface area contributed by atoms with Crippen molar-refractivity contribution in [3.05, 3.63) is 83.4 Å². The lowest BCUT2D eigenvalue weighted by Gasteiger charge is -2.11. The van der Waals surface area contributed by atoms with Gasteiger partial charge >= 0.3 is 0 Å². The zero-order chi connectivity index (χ0) is 21.8. The third-order valence-corrected chi connectivity index (χ3v) is 4.98. The molecule has 4 rings (SSSR count). The molecule has 1 aliphatic heterocycles. The summed E-state index contributed by atoms with van der Waals surface area (Å²) in [7, 11) is 0. The van der Waals surface area contributed by atoms with E-state index >= 15 is 0 Å². The van der Waals surface area contributed by atoms with E-state index in [1.54, 1.807) is 60.7 Å². The van der Waals surface area contributed by atoms with E-state index in [9.17, 15) is 14.4 Å². The van der Waals surface area contributed by atoms with Crippen molar-refractivity contribution >= 4 is 29.1 Å². The van der Waals surface area contributed by atoms with Crippen LogP contribution in [0.15, 0.2) is 66.7 Å². The molecule has 0 aromatic heterocycles. The van der Waals surface area contributed by atoms with Crippen LogP contribution in [0.4, 0.5) is 11.4 Å². The van der Waals surface area contributed by atoms with Gasteiger partial charge in [0.15, 0.2) is 0 Å². The molecule has 3 aromatic carbocycles. The number of nitrogens with one attached hydrogen (secondary N) is 2. The molecule has 1 aliphatic rings. The summed E-state index contributed by atoms with van der Waals surface area (Å²) in [6.07, 6.45) is 1.98. The molecule has 156 valence electrons. The maximum absolute atomic E-state index is 12.7. The van der Waals surface area contributed by atoms with E-state index in [0.29, 0.717) is 34.7 Å². The van der Waals surface area contributed by atoms with Gasteiger partial charge in [0.1, 0.15) is 11.5 Å². The first kappa shape index (κ1) is 20.2. The molecule has 0 atom stereocenters. The second-order valence-corrected chi connectivity index (χ2v) is 7.21. The van der Waals surface area contributed by atoms with Crippen LogP contribution in [0.5, 0.6) is 11.5 Å². The lowest BCUT2D eigenvalue weighted by Crippen LogP contribution is -2.13. The highest BCUT2D eigenvalue weighted by atomic mass is 16.5. The highest BCUT2D eigenvalue weighted by molar-refractivity contribution is 6.05. The van der Waals surface area contributed by atoms with Crippen LogP contribution >= 0.6 is 0 Å². The quantitative estimate of drug-likeness (QED) is 0.582. The summed E-state index contributed by atoms with van der Waals surface area (Å²) in [4.78, 5) is 35.9. The lowest BCUT2D eigenvalue weighted by molar-refractivity contribution is -0.116. The number of primary amides is 1. The van der Waals surface area contributed by atoms with E-state index in [-0.39, 0.29) is 11.8 Å². The molecule has 7 heteroatoms. The molecule has 0 fully saturated rings. The number of hydrogen-bond acceptors (Lipinski definition) is 4. The zero-order valence-corrected chi connectivity index (χ0v) is 16.7. The standard InChI is InChI=1S/C24H21N3O4/c25-23(29)19-5-1-2-6-21(19)31-18-11-9-17(10-12-18)26-24(30)16-8-13-20-15(14-16)4-3-7-22(28)27-20/h1-2,5-6,8-14H,3-4,7H2,(H2,25,29)(H,26,30)(H,27,28). The van der Waals surface area contributed by atoms with Gasteiger partial charge in [0.25, 0.3) is 11.8 Å². The summed E-state index contributed by atoms with van der Waals surface area (Å²) < 4.78 is 5.75. The van der Waals surface area contributed by atoms with Gasteiger partial charge in [-0.2, -0.15) is 0 Å². The summed E-state index contributed by atoms with van der Waals surface area (Å²) in [5, 5.41) is 5.72. The average Bonchev–Trinajstić information content (AvgIpc) is 2.95. The Labute approximate surface area is 179 Å². The Morgan fingerprint density at radius 3 is 2.52 bits per heavy atom. The molecule has 0 saturated carbocycles. The third-order valence-electron chi connectivity index (χ3n) is 4.98. The monoisotopic (exact) mass is 415 g/mol. The molecule has 0 saturated heterocycles. The van der Waals surface area contributed by atoms with Gasteiger partial charge in [0, 0.05) is 23.4 Å². The number of amides is 3. The Morgan fingerprint density at radius 2 is 1.74 bits per heavy atom. The van der Waals surface area contributed by atoms with E-state index in [0.717, 1.165) is 24.1 Å². The molecule has 0 unspecified atom stereocenters. The van der Waals surface area contributed by atoms with Crippen molar-refractivity contribution in [3.8, 4) is 11.5 Å². The molecule has 0 spiro atoms. The van der Waals surface area contributed by atoms with Gasteiger partial charge in [0.2, 0.25) is 5.91 Å². The molecule has 0 radical (unpaired) electrons. The molecule has 3 aromatic rings. The number of fused-ring (bicyclic) bond motifs is 1. The summed E-state index contributed by atoms with van der Waals surface area (Å²) >= 11 is 0. The number of nitrogens with two attached hydrogens (primary N) is 1. The van der Waals surface area contributed by atoms with E-state index in [1.165, 1.54) is 0 Å². The summed E-state index contributed by atoms with van der Waals surface area (Å²) in [6, 6.07) is 18.8. The topological polar surface area (TPSA) is 111 Å². The van der Waals surface area contributed by atoms with Gasteiger partial charge in [-0.3, -0.25) is 14.4 Å². The average molecular weight is 415 g/mol. The fourth-order valence-corrected chi connectivity index (χ4v) is 3.41. The minimum Gasteiger partial charge on any atom is -0.457 e. The van der Waals surface area contributed by atoms with Crippen LogP contribution in [0, 0.1) is 0 Å². The van der Waals surface area contributed by atoms with Gasteiger partial charge in [0.05, 0.1) is 5.56 Å². The summed E-state index contributed by atoms with van der Waals surface area (Å²) in [5.41, 5.74) is 8.50. The number of ether oxygens (including phenoxy) is 1. The normalized spacial score (nSPS) is 12.8. The maximum atomic E-state index is 12.7. The fraction of sp³-hybridized carbons (Fsp3) is 0.125. The fourth-order valence-electron chi connectivity index (χ4n) is 3.41. The first-order chi connectivity index (χ1) is 15.0. The van der Waals surface area contributed by atoms with Gasteiger partial charge in [-0.25, -0.2) is 0 Å². The number of para-hydroxylation sites is 1. The van der Waals surface area contributed by atoms with Crippen LogP contribution < -0.4 is 21.1 Å².